The first-order valence-electron chi connectivity index (χ1n) is 8.44. The fourth-order valence-corrected chi connectivity index (χ4v) is 4.20. The number of ether oxygens (including phenoxy) is 1. The van der Waals surface area contributed by atoms with E-state index in [0.29, 0.717) is 18.2 Å². The van der Waals surface area contributed by atoms with Gasteiger partial charge in [-0.05, 0) is 30.2 Å². The summed E-state index contributed by atoms with van der Waals surface area (Å²) in [6, 6.07) is 18.2. The van der Waals surface area contributed by atoms with Crippen molar-refractivity contribution in [1.29, 1.82) is 0 Å². The minimum atomic E-state index is -0.0203. The quantitative estimate of drug-likeness (QED) is 0.731. The molecule has 0 fully saturated rings. The van der Waals surface area contributed by atoms with Crippen molar-refractivity contribution in [2.75, 3.05) is 11.1 Å². The number of fused-ring (bicyclic) bond motifs is 1. The zero-order valence-corrected chi connectivity index (χ0v) is 15.2. The Bertz CT molecular complexity index is 907. The van der Waals surface area contributed by atoms with Gasteiger partial charge in [0.15, 0.2) is 5.82 Å². The average Bonchev–Trinajstić information content (AvgIpc) is 2.93. The normalized spacial score (nSPS) is 16.5. The van der Waals surface area contributed by atoms with Gasteiger partial charge in [-0.3, -0.25) is 9.89 Å². The molecule has 0 saturated heterocycles. The summed E-state index contributed by atoms with van der Waals surface area (Å²) in [5.41, 5.74) is 4.28. The minimum Gasteiger partial charge on any atom is -0.489 e. The number of carbonyl (C=O) groups is 1. The monoisotopic (exact) mass is 365 g/mol. The second-order valence-electron chi connectivity index (χ2n) is 6.19. The van der Waals surface area contributed by atoms with E-state index in [0.717, 1.165) is 28.1 Å². The first-order valence-corrected chi connectivity index (χ1v) is 9.48. The van der Waals surface area contributed by atoms with Crippen molar-refractivity contribution in [2.24, 2.45) is 0 Å². The van der Waals surface area contributed by atoms with E-state index in [9.17, 15) is 4.79 Å². The summed E-state index contributed by atoms with van der Waals surface area (Å²) < 4.78 is 5.86. The molecule has 1 atom stereocenters. The van der Waals surface area contributed by atoms with E-state index < -0.39 is 0 Å². The number of thioether (sulfide) groups is 1. The number of hydrogen-bond acceptors (Lipinski definition) is 4. The third kappa shape index (κ3) is 3.46. The lowest BCUT2D eigenvalue weighted by atomic mass is 10.0. The maximum atomic E-state index is 11.9. The van der Waals surface area contributed by atoms with Gasteiger partial charge in [0.2, 0.25) is 5.91 Å². The van der Waals surface area contributed by atoms with Crippen LogP contribution in [0.5, 0.6) is 5.75 Å². The Hall–Kier alpha value is -2.73. The molecule has 3 aromatic rings. The SMILES string of the molecule is Cc1[nH]nc2c1[C@@H](c1ccc(OCc3ccccc3)cc1)SCC(=O)N2. The van der Waals surface area contributed by atoms with Crippen LogP contribution in [-0.2, 0) is 11.4 Å². The number of aryl methyl sites for hydroxylation is 1. The third-order valence-corrected chi connectivity index (χ3v) is 5.60. The minimum absolute atomic E-state index is 0.0203. The molecular formula is C20H19N3O2S. The van der Waals surface area contributed by atoms with Crippen LogP contribution in [0.25, 0.3) is 0 Å². The van der Waals surface area contributed by atoms with Crippen LogP contribution in [0, 0.1) is 6.92 Å². The highest BCUT2D eigenvalue weighted by atomic mass is 32.2. The summed E-state index contributed by atoms with van der Waals surface area (Å²) in [6.07, 6.45) is 0. The van der Waals surface area contributed by atoms with Crippen LogP contribution in [0.3, 0.4) is 0 Å². The van der Waals surface area contributed by atoms with E-state index >= 15 is 0 Å². The van der Waals surface area contributed by atoms with E-state index in [1.165, 1.54) is 0 Å². The topological polar surface area (TPSA) is 67.0 Å². The number of rotatable bonds is 4. The van der Waals surface area contributed by atoms with Gasteiger partial charge in [-0.25, -0.2) is 0 Å². The molecule has 26 heavy (non-hydrogen) atoms. The molecule has 5 nitrogen and oxygen atoms in total. The highest BCUT2D eigenvalue weighted by Crippen LogP contribution is 2.42. The average molecular weight is 365 g/mol. The lowest BCUT2D eigenvalue weighted by molar-refractivity contribution is -0.113. The second kappa shape index (κ2) is 7.25. The lowest BCUT2D eigenvalue weighted by Crippen LogP contribution is -2.12. The molecule has 2 heterocycles. The van der Waals surface area contributed by atoms with Gasteiger partial charge >= 0.3 is 0 Å². The molecule has 0 spiro atoms. The number of carbonyl (C=O) groups excluding carboxylic acids is 1. The summed E-state index contributed by atoms with van der Waals surface area (Å²) >= 11 is 1.61. The highest BCUT2D eigenvalue weighted by Gasteiger charge is 2.28. The van der Waals surface area contributed by atoms with Crippen molar-refractivity contribution in [1.82, 2.24) is 10.2 Å². The van der Waals surface area contributed by atoms with Gasteiger partial charge in [-0.1, -0.05) is 42.5 Å². The maximum Gasteiger partial charge on any atom is 0.235 e. The fraction of sp³-hybridized carbons (Fsp3) is 0.200. The first kappa shape index (κ1) is 16.7. The smallest absolute Gasteiger partial charge is 0.235 e. The van der Waals surface area contributed by atoms with E-state index in [1.54, 1.807) is 11.8 Å². The van der Waals surface area contributed by atoms with Crippen LogP contribution in [-0.4, -0.2) is 21.9 Å². The Labute approximate surface area is 156 Å². The number of H-pyrrole nitrogens is 1. The number of nitrogens with one attached hydrogen (secondary N) is 2. The Morgan fingerprint density at radius 1 is 1.15 bits per heavy atom. The highest BCUT2D eigenvalue weighted by molar-refractivity contribution is 8.00. The van der Waals surface area contributed by atoms with Gasteiger partial charge in [0, 0.05) is 11.3 Å². The first-order chi connectivity index (χ1) is 12.7. The molecular weight excluding hydrogens is 346 g/mol. The van der Waals surface area contributed by atoms with Crippen LogP contribution in [0.1, 0.15) is 27.6 Å². The Morgan fingerprint density at radius 2 is 1.92 bits per heavy atom. The van der Waals surface area contributed by atoms with Crippen molar-refractivity contribution in [3.63, 3.8) is 0 Å². The van der Waals surface area contributed by atoms with Crippen molar-refractivity contribution in [3.8, 4) is 5.75 Å². The zero-order chi connectivity index (χ0) is 17.9. The van der Waals surface area contributed by atoms with Crippen molar-refractivity contribution in [2.45, 2.75) is 18.8 Å². The molecule has 1 aromatic heterocycles. The van der Waals surface area contributed by atoms with Crippen LogP contribution in [0.2, 0.25) is 0 Å². The third-order valence-electron chi connectivity index (χ3n) is 4.33. The van der Waals surface area contributed by atoms with Gasteiger partial charge in [0.05, 0.1) is 11.0 Å². The Morgan fingerprint density at radius 3 is 2.69 bits per heavy atom. The second-order valence-corrected chi connectivity index (χ2v) is 7.29. The number of benzene rings is 2. The molecule has 0 aliphatic carbocycles. The molecule has 0 bridgehead atoms. The molecule has 4 rings (SSSR count). The molecule has 0 unspecified atom stereocenters. The van der Waals surface area contributed by atoms with Gasteiger partial charge in [0.1, 0.15) is 12.4 Å². The number of aromatic amines is 1. The molecule has 2 N–H and O–H groups in total. The molecule has 0 saturated carbocycles. The van der Waals surface area contributed by atoms with Crippen LogP contribution in [0.15, 0.2) is 54.6 Å². The number of aromatic nitrogens is 2. The van der Waals surface area contributed by atoms with Gasteiger partial charge in [-0.15, -0.1) is 11.8 Å². The van der Waals surface area contributed by atoms with Crippen molar-refractivity contribution < 1.29 is 9.53 Å². The summed E-state index contributed by atoms with van der Waals surface area (Å²) in [7, 11) is 0. The standard InChI is InChI=1S/C20H19N3O2S/c1-13-18-19(26-12-17(24)21-20(18)23-22-13)15-7-9-16(10-8-15)25-11-14-5-3-2-4-6-14/h2-10,19H,11-12H2,1H3,(H2,21,22,23,24)/t19-/m1/s1. The van der Waals surface area contributed by atoms with Gasteiger partial charge in [0.25, 0.3) is 0 Å². The number of nitrogens with zero attached hydrogens (tertiary/aromatic N) is 1. The number of amides is 1. The predicted molar refractivity (Wildman–Crippen MR) is 103 cm³/mol. The summed E-state index contributed by atoms with van der Waals surface area (Å²) in [5.74, 6) is 1.85. The number of anilines is 1. The molecule has 2 aromatic carbocycles. The van der Waals surface area contributed by atoms with Gasteiger partial charge < -0.3 is 10.1 Å². The maximum absolute atomic E-state index is 11.9. The molecule has 6 heteroatoms. The lowest BCUT2D eigenvalue weighted by Gasteiger charge is -2.16. The van der Waals surface area contributed by atoms with E-state index in [4.69, 9.17) is 4.74 Å². The van der Waals surface area contributed by atoms with Gasteiger partial charge in [-0.2, -0.15) is 5.10 Å². The molecule has 1 amide bonds. The van der Waals surface area contributed by atoms with E-state index in [1.807, 2.05) is 49.4 Å². The number of hydrogen-bond donors (Lipinski definition) is 2. The molecule has 1 aliphatic heterocycles. The van der Waals surface area contributed by atoms with Crippen molar-refractivity contribution in [3.05, 3.63) is 77.0 Å². The summed E-state index contributed by atoms with van der Waals surface area (Å²) in [5, 5.41) is 10.1. The van der Waals surface area contributed by atoms with E-state index in [-0.39, 0.29) is 11.2 Å². The van der Waals surface area contributed by atoms with E-state index in [2.05, 4.69) is 27.6 Å². The van der Waals surface area contributed by atoms with Crippen LogP contribution < -0.4 is 10.1 Å². The fourth-order valence-electron chi connectivity index (χ4n) is 3.01. The van der Waals surface area contributed by atoms with Crippen LogP contribution >= 0.6 is 11.8 Å². The summed E-state index contributed by atoms with van der Waals surface area (Å²) in [4.78, 5) is 11.9. The zero-order valence-electron chi connectivity index (χ0n) is 14.4. The largest absolute Gasteiger partial charge is 0.489 e. The van der Waals surface area contributed by atoms with Crippen LogP contribution in [0.4, 0.5) is 5.82 Å². The Kier molecular flexibility index (Phi) is 4.67. The summed E-state index contributed by atoms with van der Waals surface area (Å²) in [6.45, 7) is 2.52. The molecule has 0 radical (unpaired) electrons. The van der Waals surface area contributed by atoms with Crippen molar-refractivity contribution >= 4 is 23.5 Å². The predicted octanol–water partition coefficient (Wildman–Crippen LogP) is 4.07. The molecule has 132 valence electrons. The molecule has 1 aliphatic rings. The Balaban J connectivity index is 1.53.